The Kier molecular flexibility index (Phi) is 9.27. The van der Waals surface area contributed by atoms with Crippen LogP contribution in [0.4, 0.5) is 0 Å². The van der Waals surface area contributed by atoms with E-state index in [2.05, 4.69) is 0 Å². The fraction of sp³-hybridized carbons (Fsp3) is 1.00. The minimum absolute atomic E-state index is 0.343. The van der Waals surface area contributed by atoms with Gasteiger partial charge in [0.25, 0.3) is 0 Å². The van der Waals surface area contributed by atoms with Gasteiger partial charge in [-0.05, 0) is 0 Å². The summed E-state index contributed by atoms with van der Waals surface area (Å²) < 4.78 is -0.724. The first-order chi connectivity index (χ1) is 13.3. The van der Waals surface area contributed by atoms with Crippen molar-refractivity contribution in [3.63, 3.8) is 0 Å². The summed E-state index contributed by atoms with van der Waals surface area (Å²) in [5.41, 5.74) is 0. The molecule has 2 unspecified atom stereocenters. The molecule has 0 aromatic heterocycles. The van der Waals surface area contributed by atoms with Crippen LogP contribution in [0, 0.1) is 72.5 Å². The third kappa shape index (κ3) is 4.51. The molecule has 0 bridgehead atoms. The SMILES string of the molecule is CCC([CH2][Hg][CH2]C(CC)C([N+](=O)[O-])([N+](=O)[O-])[N+](=O)[O-])C([N+](=O)[O-])([N+](=O)[O-])[N+](=O)[O-]. The Morgan fingerprint density at radius 3 is 0.931 bits per heavy atom. The van der Waals surface area contributed by atoms with E-state index in [9.17, 15) is 60.7 Å². The Morgan fingerprint density at radius 2 is 0.793 bits per heavy atom. The maximum absolute atomic E-state index is 11.2. The Bertz CT molecular complexity index is 585. The van der Waals surface area contributed by atoms with Crippen LogP contribution >= 0.6 is 0 Å². The molecule has 2 atom stereocenters. The molecule has 0 saturated heterocycles. The van der Waals surface area contributed by atoms with Crippen LogP contribution in [-0.4, -0.2) is 41.1 Å². The Labute approximate surface area is 172 Å². The van der Waals surface area contributed by atoms with Crippen LogP contribution < -0.4 is 0 Å². The van der Waals surface area contributed by atoms with Crippen molar-refractivity contribution in [1.29, 1.82) is 0 Å². The van der Waals surface area contributed by atoms with Gasteiger partial charge in [-0.25, -0.2) is 0 Å². The third-order valence-electron chi connectivity index (χ3n) is 4.80. The van der Waals surface area contributed by atoms with Gasteiger partial charge in [-0.2, -0.15) is 0 Å². The average molecular weight is 613 g/mol. The molecule has 0 spiro atoms. The summed E-state index contributed by atoms with van der Waals surface area (Å²) in [6.45, 7) is 2.49. The van der Waals surface area contributed by atoms with E-state index in [1.54, 1.807) is 0 Å². The summed E-state index contributed by atoms with van der Waals surface area (Å²) in [6.07, 6.45) is -0.685. The summed E-state index contributed by atoms with van der Waals surface area (Å²) in [5, 5.41) is 67.0. The van der Waals surface area contributed by atoms with E-state index in [1.807, 2.05) is 0 Å². The molecule has 0 rings (SSSR count). The molecule has 0 heterocycles. The molecule has 160 valence electrons. The maximum atomic E-state index is 11.2. The van der Waals surface area contributed by atoms with Crippen molar-refractivity contribution in [2.75, 3.05) is 0 Å². The Hall–Kier alpha value is -2.66. The second-order valence-corrected chi connectivity index (χ2v) is 13.3. The topological polar surface area (TPSA) is 259 Å². The zero-order chi connectivity index (χ0) is 23.2. The van der Waals surface area contributed by atoms with Crippen molar-refractivity contribution < 1.29 is 54.1 Å². The number of hydrogen-bond donors (Lipinski definition) is 0. The second-order valence-electron chi connectivity index (χ2n) is 6.06. The second kappa shape index (κ2) is 10.2. The molecule has 0 N–H and O–H groups in total. The summed E-state index contributed by atoms with van der Waals surface area (Å²) in [6, 6.07) is 0. The summed E-state index contributed by atoms with van der Waals surface area (Å²) in [5.74, 6) is -10.8. The van der Waals surface area contributed by atoms with E-state index >= 15 is 0 Å². The van der Waals surface area contributed by atoms with Crippen LogP contribution in [0.25, 0.3) is 0 Å². The molecule has 0 aliphatic carbocycles. The van der Waals surface area contributed by atoms with Crippen molar-refractivity contribution in [3.05, 3.63) is 60.7 Å². The van der Waals surface area contributed by atoms with Gasteiger partial charge < -0.3 is 0 Å². The number of nitrogens with zero attached hydrogens (tertiary/aromatic N) is 6. The van der Waals surface area contributed by atoms with E-state index in [0.29, 0.717) is 0 Å². The van der Waals surface area contributed by atoms with Gasteiger partial charge in [0.2, 0.25) is 0 Å². The fourth-order valence-corrected chi connectivity index (χ4v) is 14.2. The first-order valence-corrected chi connectivity index (χ1v) is 15.9. The van der Waals surface area contributed by atoms with Crippen molar-refractivity contribution in [2.45, 2.75) is 46.1 Å². The van der Waals surface area contributed by atoms with E-state index < -0.39 is 77.5 Å². The van der Waals surface area contributed by atoms with E-state index in [0.717, 1.165) is 0 Å². The van der Waals surface area contributed by atoms with Crippen LogP contribution in [0.1, 0.15) is 26.7 Å². The van der Waals surface area contributed by atoms with Crippen LogP contribution in [0.3, 0.4) is 0 Å². The molecule has 0 aliphatic rings. The van der Waals surface area contributed by atoms with Crippen molar-refractivity contribution in [1.82, 2.24) is 0 Å². The van der Waals surface area contributed by atoms with Gasteiger partial charge in [0.15, 0.2) is 0 Å². The molecular weight excluding hydrogens is 597 g/mol. The van der Waals surface area contributed by atoms with E-state index in [4.69, 9.17) is 0 Å². The van der Waals surface area contributed by atoms with Gasteiger partial charge in [0.05, 0.1) is 0 Å². The standard InChI is InChI=1S/2C5H8N3O6.Hg/c2*1-3-4(2)5(6(9)10,7(11)12)8(13)14;/h2*4H,2-3H2,1H3;. The van der Waals surface area contributed by atoms with Gasteiger partial charge in [-0.15, -0.1) is 0 Å². The monoisotopic (exact) mass is 614 g/mol. The molecule has 0 aromatic rings. The van der Waals surface area contributed by atoms with Crippen LogP contribution in [0.15, 0.2) is 0 Å². The number of nitro groups is 6. The predicted molar refractivity (Wildman–Crippen MR) is 84.6 cm³/mol. The molecule has 0 saturated carbocycles. The molecule has 18 nitrogen and oxygen atoms in total. The quantitative estimate of drug-likeness (QED) is 0.115. The van der Waals surface area contributed by atoms with Crippen molar-refractivity contribution in [2.24, 2.45) is 11.8 Å². The number of hydrogen-bond acceptors (Lipinski definition) is 12. The number of rotatable bonds is 14. The van der Waals surface area contributed by atoms with Crippen molar-refractivity contribution in [3.8, 4) is 0 Å². The van der Waals surface area contributed by atoms with Gasteiger partial charge in [-0.3, -0.25) is 0 Å². The molecule has 0 amide bonds. The summed E-state index contributed by atoms with van der Waals surface area (Å²) in [4.78, 5) is 57.2. The van der Waals surface area contributed by atoms with E-state index in [-0.39, 0.29) is 20.7 Å². The summed E-state index contributed by atoms with van der Waals surface area (Å²) >= 11 is -2.76. The third-order valence-corrected chi connectivity index (χ3v) is 13.4. The first kappa shape index (κ1) is 26.3. The molecule has 0 radical (unpaired) electrons. The van der Waals surface area contributed by atoms with Gasteiger partial charge in [-0.1, -0.05) is 0 Å². The molecule has 0 fully saturated rings. The molecule has 0 aliphatic heterocycles. The summed E-state index contributed by atoms with van der Waals surface area (Å²) in [7, 11) is 0. The fourth-order valence-electron chi connectivity index (χ4n) is 3.25. The normalized spacial score (nSPS) is 13.6. The average Bonchev–Trinajstić information content (AvgIpc) is 2.57. The zero-order valence-electron chi connectivity index (χ0n) is 15.3. The van der Waals surface area contributed by atoms with Crippen LogP contribution in [0.5, 0.6) is 0 Å². The van der Waals surface area contributed by atoms with Gasteiger partial charge in [0.1, 0.15) is 0 Å². The predicted octanol–water partition coefficient (Wildman–Crippen LogP) is 0.926. The van der Waals surface area contributed by atoms with Crippen molar-refractivity contribution >= 4 is 0 Å². The molecule has 0 aromatic carbocycles. The Balaban J connectivity index is 5.83. The minimum atomic E-state index is -3.72. The first-order valence-electron chi connectivity index (χ1n) is 8.16. The molecular formula is C10H16HgN6O12. The van der Waals surface area contributed by atoms with Crippen LogP contribution in [-0.2, 0) is 24.6 Å². The molecule has 29 heavy (non-hydrogen) atoms. The Morgan fingerprint density at radius 1 is 0.586 bits per heavy atom. The van der Waals surface area contributed by atoms with Gasteiger partial charge >= 0.3 is 173 Å². The molecule has 19 heteroatoms. The zero-order valence-corrected chi connectivity index (χ0v) is 20.8. The van der Waals surface area contributed by atoms with Gasteiger partial charge in [0, 0.05) is 0 Å². The van der Waals surface area contributed by atoms with Crippen LogP contribution in [0.2, 0.25) is 7.86 Å². The van der Waals surface area contributed by atoms with E-state index in [1.165, 1.54) is 13.8 Å².